The molecule has 0 aromatic heterocycles. The summed E-state index contributed by atoms with van der Waals surface area (Å²) >= 11 is 0. The van der Waals surface area contributed by atoms with Gasteiger partial charge in [0.25, 0.3) is 0 Å². The smallest absolute Gasteiger partial charge is 0.123 e. The van der Waals surface area contributed by atoms with Crippen LogP contribution in [-0.2, 0) is 13.1 Å². The number of benzene rings is 2. The first-order valence-electron chi connectivity index (χ1n) is 16.2. The molecule has 2 aromatic carbocycles. The number of methoxy groups -OCH3 is 4. The van der Waals surface area contributed by atoms with E-state index in [0.717, 1.165) is 86.5 Å². The highest BCUT2D eigenvalue weighted by Crippen LogP contribution is 2.25. The van der Waals surface area contributed by atoms with Crippen molar-refractivity contribution in [3.8, 4) is 23.0 Å². The molecule has 0 atom stereocenters. The van der Waals surface area contributed by atoms with Crippen molar-refractivity contribution in [1.29, 1.82) is 0 Å². The fourth-order valence-corrected chi connectivity index (χ4v) is 6.69. The number of hydrogen-bond donors (Lipinski definition) is 4. The van der Waals surface area contributed by atoms with Crippen LogP contribution in [0.4, 0.5) is 0 Å². The van der Waals surface area contributed by atoms with E-state index in [0.29, 0.717) is 0 Å². The second-order valence-corrected chi connectivity index (χ2v) is 13.4. The van der Waals surface area contributed by atoms with E-state index in [1.807, 2.05) is 58.0 Å². The molecule has 0 heterocycles. The highest BCUT2D eigenvalue weighted by atomic mass is 35.5. The topological polar surface area (TPSA) is 85.0 Å². The summed E-state index contributed by atoms with van der Waals surface area (Å²) in [4.78, 5) is 0. The molecule has 0 unspecified atom stereocenters. The lowest BCUT2D eigenvalue weighted by molar-refractivity contribution is 0.397. The van der Waals surface area contributed by atoms with Crippen molar-refractivity contribution in [2.75, 3.05) is 79.2 Å². The number of ether oxygens (including phenoxy) is 4. The molecule has 258 valence electrons. The van der Waals surface area contributed by atoms with Gasteiger partial charge in [0.05, 0.1) is 28.4 Å². The molecule has 0 saturated carbocycles. The third kappa shape index (κ3) is 19.7. The van der Waals surface area contributed by atoms with Gasteiger partial charge in [-0.1, -0.05) is 47.3 Å². The number of halogens is 1. The molecule has 0 aliphatic carbocycles. The van der Waals surface area contributed by atoms with Crippen LogP contribution >= 0.6 is 34.0 Å². The van der Waals surface area contributed by atoms with Crippen molar-refractivity contribution in [3.63, 3.8) is 0 Å². The molecule has 0 amide bonds. The summed E-state index contributed by atoms with van der Waals surface area (Å²) in [6.07, 6.45) is 9.99. The minimum atomic E-state index is 0. The van der Waals surface area contributed by atoms with Crippen molar-refractivity contribution < 1.29 is 18.9 Å². The number of nitrogens with one attached hydrogen (secondary N) is 4. The monoisotopic (exact) mass is 686 g/mol. The van der Waals surface area contributed by atoms with Crippen molar-refractivity contribution >= 4 is 34.0 Å². The summed E-state index contributed by atoms with van der Waals surface area (Å²) < 4.78 is 21.6. The van der Waals surface area contributed by atoms with Crippen molar-refractivity contribution in [2.45, 2.75) is 64.5 Å². The first kappa shape index (κ1) is 41.5. The Morgan fingerprint density at radius 3 is 1.20 bits per heavy atom. The molecule has 0 radical (unpaired) electrons. The second kappa shape index (κ2) is 28.7. The Labute approximate surface area is 287 Å². The lowest BCUT2D eigenvalue weighted by Crippen LogP contribution is -2.19. The van der Waals surface area contributed by atoms with Crippen molar-refractivity contribution in [1.82, 2.24) is 21.3 Å². The molecule has 0 saturated heterocycles. The van der Waals surface area contributed by atoms with Gasteiger partial charge >= 0.3 is 0 Å². The zero-order chi connectivity index (χ0) is 31.5. The standard InChI is InChI=1S/C34H58N4O4S2.ClH/c1-39-31-13-15-33(41-3)29(25-31)27-37-19-11-7-5-9-17-35-21-23-43-44-24-22-36-18-10-6-8-12-20-38-28-30-26-32(40-2)14-16-34(30)42-4;/h13-16,25-26,35-38H,5-12,17-24,27-28H2,1-4H3;1H. The molecule has 0 fully saturated rings. The lowest BCUT2D eigenvalue weighted by Gasteiger charge is -2.11. The third-order valence-electron chi connectivity index (χ3n) is 7.33. The molecule has 45 heavy (non-hydrogen) atoms. The largest absolute Gasteiger partial charge is 0.497 e. The predicted octanol–water partition coefficient (Wildman–Crippen LogP) is 6.70. The molecule has 0 bridgehead atoms. The third-order valence-corrected chi connectivity index (χ3v) is 9.74. The molecule has 2 rings (SSSR count). The molecule has 2 aromatic rings. The Bertz CT molecular complexity index is 916. The maximum atomic E-state index is 5.45. The minimum Gasteiger partial charge on any atom is -0.497 e. The summed E-state index contributed by atoms with van der Waals surface area (Å²) in [6.45, 7) is 8.08. The molecule has 4 N–H and O–H groups in total. The van der Waals surface area contributed by atoms with Crippen LogP contribution in [-0.4, -0.2) is 79.2 Å². The fraction of sp³-hybridized carbons (Fsp3) is 0.647. The maximum absolute atomic E-state index is 5.45. The maximum Gasteiger partial charge on any atom is 0.123 e. The van der Waals surface area contributed by atoms with Crippen LogP contribution in [0.1, 0.15) is 62.5 Å². The molecule has 8 nitrogen and oxygen atoms in total. The quantitative estimate of drug-likeness (QED) is 0.0548. The Kier molecular flexibility index (Phi) is 26.4. The van der Waals surface area contributed by atoms with E-state index in [2.05, 4.69) is 21.3 Å². The van der Waals surface area contributed by atoms with Crippen LogP contribution in [0.3, 0.4) is 0 Å². The molecule has 0 aliphatic heterocycles. The Hall–Kier alpha value is -1.53. The van der Waals surface area contributed by atoms with Gasteiger partial charge in [0, 0.05) is 48.8 Å². The fourth-order valence-electron chi connectivity index (χ4n) is 4.79. The van der Waals surface area contributed by atoms with Crippen LogP contribution in [0.5, 0.6) is 23.0 Å². The van der Waals surface area contributed by atoms with Gasteiger partial charge in [0.1, 0.15) is 23.0 Å². The summed E-state index contributed by atoms with van der Waals surface area (Å²) in [5.41, 5.74) is 2.27. The molecular formula is C34H59ClN4O4S2. The summed E-state index contributed by atoms with van der Waals surface area (Å²) in [7, 11) is 10.8. The van der Waals surface area contributed by atoms with Crippen LogP contribution in [0.2, 0.25) is 0 Å². The Morgan fingerprint density at radius 1 is 0.467 bits per heavy atom. The average molecular weight is 687 g/mol. The van der Waals surface area contributed by atoms with Crippen LogP contribution in [0, 0.1) is 0 Å². The van der Waals surface area contributed by atoms with Crippen LogP contribution in [0.15, 0.2) is 36.4 Å². The van der Waals surface area contributed by atoms with Gasteiger partial charge in [-0.05, 0) is 88.3 Å². The number of rotatable bonds is 29. The first-order valence-corrected chi connectivity index (χ1v) is 18.7. The minimum absolute atomic E-state index is 0. The molecular weight excluding hydrogens is 628 g/mol. The van der Waals surface area contributed by atoms with Gasteiger partial charge in [0.15, 0.2) is 0 Å². The summed E-state index contributed by atoms with van der Waals surface area (Å²) in [6, 6.07) is 11.9. The molecule has 0 spiro atoms. The van der Waals surface area contributed by atoms with E-state index in [9.17, 15) is 0 Å². The van der Waals surface area contributed by atoms with E-state index in [1.54, 1.807) is 28.4 Å². The van der Waals surface area contributed by atoms with E-state index >= 15 is 0 Å². The number of unbranched alkanes of at least 4 members (excludes halogenated alkanes) is 6. The van der Waals surface area contributed by atoms with Gasteiger partial charge in [-0.3, -0.25) is 0 Å². The van der Waals surface area contributed by atoms with Gasteiger partial charge in [-0.15, -0.1) is 12.4 Å². The summed E-state index contributed by atoms with van der Waals surface area (Å²) in [5.74, 6) is 5.88. The zero-order valence-corrected chi connectivity index (χ0v) is 30.5. The van der Waals surface area contributed by atoms with E-state index < -0.39 is 0 Å². The van der Waals surface area contributed by atoms with Gasteiger partial charge in [-0.2, -0.15) is 0 Å². The molecule has 11 heteroatoms. The van der Waals surface area contributed by atoms with Crippen LogP contribution in [0.25, 0.3) is 0 Å². The first-order chi connectivity index (χ1) is 21.7. The van der Waals surface area contributed by atoms with Gasteiger partial charge in [0.2, 0.25) is 0 Å². The highest BCUT2D eigenvalue weighted by molar-refractivity contribution is 8.76. The lowest BCUT2D eigenvalue weighted by atomic mass is 10.1. The highest BCUT2D eigenvalue weighted by Gasteiger charge is 2.06. The molecule has 0 aliphatic rings. The Morgan fingerprint density at radius 2 is 0.844 bits per heavy atom. The number of hydrogen-bond acceptors (Lipinski definition) is 10. The average Bonchev–Trinajstić information content (AvgIpc) is 3.06. The summed E-state index contributed by atoms with van der Waals surface area (Å²) in [5, 5.41) is 14.2. The second-order valence-electron chi connectivity index (χ2n) is 10.7. The van der Waals surface area contributed by atoms with Crippen molar-refractivity contribution in [2.24, 2.45) is 0 Å². The predicted molar refractivity (Wildman–Crippen MR) is 197 cm³/mol. The van der Waals surface area contributed by atoms with Crippen molar-refractivity contribution in [3.05, 3.63) is 47.5 Å². The van der Waals surface area contributed by atoms with E-state index in [4.69, 9.17) is 18.9 Å². The zero-order valence-electron chi connectivity index (χ0n) is 28.0. The van der Waals surface area contributed by atoms with E-state index in [1.165, 1.54) is 62.9 Å². The Balaban J connectivity index is 0.0000101. The van der Waals surface area contributed by atoms with E-state index in [-0.39, 0.29) is 12.4 Å². The SMILES string of the molecule is COc1ccc(OC)c(CNCCCCCCNCCSSCCNCCCCCCNCc2cc(OC)ccc2OC)c1.Cl. The normalized spacial score (nSPS) is 10.8. The van der Waals surface area contributed by atoms with Gasteiger partial charge < -0.3 is 40.2 Å². The van der Waals surface area contributed by atoms with Gasteiger partial charge in [-0.25, -0.2) is 0 Å². The van der Waals surface area contributed by atoms with Crippen LogP contribution < -0.4 is 40.2 Å².